The molecule has 0 spiro atoms. The lowest BCUT2D eigenvalue weighted by atomic mass is 9.98. The van der Waals surface area contributed by atoms with Gasteiger partial charge in [0.05, 0.1) is 14.2 Å². The van der Waals surface area contributed by atoms with Crippen molar-refractivity contribution in [2.75, 3.05) is 26.1 Å². The minimum Gasteiger partial charge on any atom is -0.493 e. The second kappa shape index (κ2) is 10.5. The second-order valence-corrected chi connectivity index (χ2v) is 9.57. The van der Waals surface area contributed by atoms with Crippen molar-refractivity contribution in [3.05, 3.63) is 99.7 Å². The Morgan fingerprint density at radius 2 is 1.57 bits per heavy atom. The van der Waals surface area contributed by atoms with E-state index in [1.165, 1.54) is 0 Å². The molecule has 8 heteroatoms. The normalized spacial score (nSPS) is 12.6. The van der Waals surface area contributed by atoms with Gasteiger partial charge in [-0.3, -0.25) is 9.59 Å². The number of carbonyl (C=O) groups is 2. The molecule has 1 N–H and O–H groups in total. The van der Waals surface area contributed by atoms with Crippen LogP contribution in [0, 0.1) is 0 Å². The fraction of sp³-hybridized carbons (Fsp3) is 0.172. The standard InChI is InChI=1S/C29H25BrN2O5/c1-35-26-15-20-13-14-32(17-21(20)16-27(26)36-2)29(34)25-12-11-24(37-25)18-5-9-23(10-6-18)31-28(33)19-3-7-22(30)8-4-19/h3-12,15-16H,13-14,17H2,1-2H3,(H,31,33). The third-order valence-corrected chi connectivity index (χ3v) is 6.88. The quantitative estimate of drug-likeness (QED) is 0.304. The first-order valence-electron chi connectivity index (χ1n) is 11.8. The van der Waals surface area contributed by atoms with Gasteiger partial charge in [0.25, 0.3) is 11.8 Å². The molecule has 1 aromatic heterocycles. The number of anilines is 1. The van der Waals surface area contributed by atoms with Gasteiger partial charge in [0, 0.05) is 34.4 Å². The van der Waals surface area contributed by atoms with Gasteiger partial charge >= 0.3 is 0 Å². The number of rotatable bonds is 6. The first kappa shape index (κ1) is 24.6. The SMILES string of the molecule is COc1cc2c(cc1OC)CN(C(=O)c1ccc(-c3ccc(NC(=O)c4ccc(Br)cc4)cc3)o1)CC2. The molecular weight excluding hydrogens is 536 g/mol. The minimum absolute atomic E-state index is 0.162. The fourth-order valence-corrected chi connectivity index (χ4v) is 4.61. The highest BCUT2D eigenvalue weighted by Gasteiger charge is 2.25. The first-order chi connectivity index (χ1) is 17.9. The zero-order valence-electron chi connectivity index (χ0n) is 20.4. The van der Waals surface area contributed by atoms with Crippen molar-refractivity contribution >= 4 is 33.4 Å². The van der Waals surface area contributed by atoms with Gasteiger partial charge in [-0.15, -0.1) is 0 Å². The molecule has 1 aliphatic heterocycles. The Hall–Kier alpha value is -4.04. The molecule has 188 valence electrons. The van der Waals surface area contributed by atoms with Crippen LogP contribution in [0.25, 0.3) is 11.3 Å². The number of hydrogen-bond donors (Lipinski definition) is 1. The summed E-state index contributed by atoms with van der Waals surface area (Å²) in [6.45, 7) is 1.06. The van der Waals surface area contributed by atoms with E-state index in [0.717, 1.165) is 27.6 Å². The summed E-state index contributed by atoms with van der Waals surface area (Å²) >= 11 is 3.37. The number of amides is 2. The highest BCUT2D eigenvalue weighted by molar-refractivity contribution is 9.10. The molecule has 5 rings (SSSR count). The topological polar surface area (TPSA) is 81.0 Å². The van der Waals surface area contributed by atoms with E-state index < -0.39 is 0 Å². The lowest BCUT2D eigenvalue weighted by Gasteiger charge is -2.29. The fourth-order valence-electron chi connectivity index (χ4n) is 4.34. The van der Waals surface area contributed by atoms with E-state index in [1.807, 2.05) is 36.4 Å². The van der Waals surface area contributed by atoms with E-state index in [-0.39, 0.29) is 17.6 Å². The molecule has 0 atom stereocenters. The largest absolute Gasteiger partial charge is 0.493 e. The predicted octanol–water partition coefficient (Wildman–Crippen LogP) is 6.18. The van der Waals surface area contributed by atoms with E-state index in [2.05, 4.69) is 21.2 Å². The molecule has 2 amide bonds. The zero-order valence-corrected chi connectivity index (χ0v) is 22.0. The van der Waals surface area contributed by atoms with Gasteiger partial charge in [0.1, 0.15) is 5.76 Å². The highest BCUT2D eigenvalue weighted by Crippen LogP contribution is 2.34. The lowest BCUT2D eigenvalue weighted by molar-refractivity contribution is 0.0703. The Bertz CT molecular complexity index is 1440. The molecule has 0 radical (unpaired) electrons. The number of nitrogens with zero attached hydrogens (tertiary/aromatic N) is 1. The van der Waals surface area contributed by atoms with Crippen molar-refractivity contribution in [3.63, 3.8) is 0 Å². The van der Waals surface area contributed by atoms with E-state index in [9.17, 15) is 9.59 Å². The summed E-state index contributed by atoms with van der Waals surface area (Å²) in [5.74, 6) is 1.85. The number of benzene rings is 3. The maximum Gasteiger partial charge on any atom is 0.289 e. The van der Waals surface area contributed by atoms with Gasteiger partial charge in [-0.2, -0.15) is 0 Å². The van der Waals surface area contributed by atoms with Crippen LogP contribution in [0.2, 0.25) is 0 Å². The molecule has 0 aliphatic carbocycles. The monoisotopic (exact) mass is 560 g/mol. The Balaban J connectivity index is 1.26. The van der Waals surface area contributed by atoms with Crippen molar-refractivity contribution in [2.24, 2.45) is 0 Å². The molecule has 2 heterocycles. The van der Waals surface area contributed by atoms with E-state index in [4.69, 9.17) is 13.9 Å². The Morgan fingerprint density at radius 3 is 2.24 bits per heavy atom. The van der Waals surface area contributed by atoms with Crippen molar-refractivity contribution in [1.82, 2.24) is 4.90 Å². The van der Waals surface area contributed by atoms with Crippen LogP contribution in [-0.4, -0.2) is 37.5 Å². The molecule has 0 fully saturated rings. The summed E-state index contributed by atoms with van der Waals surface area (Å²) < 4.78 is 17.7. The maximum absolute atomic E-state index is 13.2. The molecule has 1 aliphatic rings. The third-order valence-electron chi connectivity index (χ3n) is 6.36. The molecule has 7 nitrogen and oxygen atoms in total. The summed E-state index contributed by atoms with van der Waals surface area (Å²) in [4.78, 5) is 27.4. The molecular formula is C29H25BrN2O5. The Labute approximate surface area is 223 Å². The van der Waals surface area contributed by atoms with Crippen molar-refractivity contribution in [3.8, 4) is 22.8 Å². The highest BCUT2D eigenvalue weighted by atomic mass is 79.9. The molecule has 4 aromatic rings. The molecule has 37 heavy (non-hydrogen) atoms. The summed E-state index contributed by atoms with van der Waals surface area (Å²) in [5.41, 5.74) is 4.22. The lowest BCUT2D eigenvalue weighted by Crippen LogP contribution is -2.35. The van der Waals surface area contributed by atoms with Gasteiger partial charge < -0.3 is 24.1 Å². The average molecular weight is 561 g/mol. The van der Waals surface area contributed by atoms with Crippen LogP contribution in [0.15, 0.2) is 81.7 Å². The Morgan fingerprint density at radius 1 is 0.892 bits per heavy atom. The third kappa shape index (κ3) is 5.24. The van der Waals surface area contributed by atoms with E-state index in [1.54, 1.807) is 55.5 Å². The van der Waals surface area contributed by atoms with Crippen molar-refractivity contribution in [2.45, 2.75) is 13.0 Å². The average Bonchev–Trinajstić information content (AvgIpc) is 3.42. The van der Waals surface area contributed by atoms with Crippen LogP contribution < -0.4 is 14.8 Å². The summed E-state index contributed by atoms with van der Waals surface area (Å²) in [6.07, 6.45) is 0.725. The smallest absolute Gasteiger partial charge is 0.289 e. The van der Waals surface area contributed by atoms with Crippen LogP contribution >= 0.6 is 15.9 Å². The predicted molar refractivity (Wildman–Crippen MR) is 144 cm³/mol. The van der Waals surface area contributed by atoms with Crippen LogP contribution in [-0.2, 0) is 13.0 Å². The molecule has 0 bridgehead atoms. The van der Waals surface area contributed by atoms with Gasteiger partial charge in [-0.05, 0) is 90.3 Å². The van der Waals surface area contributed by atoms with Crippen LogP contribution in [0.4, 0.5) is 5.69 Å². The molecule has 0 saturated heterocycles. The van der Waals surface area contributed by atoms with Crippen LogP contribution in [0.3, 0.4) is 0 Å². The number of fused-ring (bicyclic) bond motifs is 1. The summed E-state index contributed by atoms with van der Waals surface area (Å²) in [5, 5.41) is 2.88. The second-order valence-electron chi connectivity index (χ2n) is 8.65. The number of furan rings is 1. The van der Waals surface area contributed by atoms with Crippen LogP contribution in [0.1, 0.15) is 32.0 Å². The number of ether oxygens (including phenoxy) is 2. The number of carbonyl (C=O) groups excluding carboxylic acids is 2. The van der Waals surface area contributed by atoms with Crippen molar-refractivity contribution < 1.29 is 23.5 Å². The minimum atomic E-state index is -0.190. The van der Waals surface area contributed by atoms with Gasteiger partial charge in [0.2, 0.25) is 0 Å². The van der Waals surface area contributed by atoms with E-state index in [0.29, 0.717) is 41.6 Å². The summed E-state index contributed by atoms with van der Waals surface area (Å²) in [6, 6.07) is 21.9. The molecule has 0 saturated carbocycles. The van der Waals surface area contributed by atoms with Crippen LogP contribution in [0.5, 0.6) is 11.5 Å². The summed E-state index contributed by atoms with van der Waals surface area (Å²) in [7, 11) is 3.22. The molecule has 0 unspecified atom stereocenters. The number of halogens is 1. The first-order valence-corrected chi connectivity index (χ1v) is 12.5. The Kier molecular flexibility index (Phi) is 7.01. The van der Waals surface area contributed by atoms with Gasteiger partial charge in [0.15, 0.2) is 17.3 Å². The van der Waals surface area contributed by atoms with E-state index >= 15 is 0 Å². The number of methoxy groups -OCH3 is 2. The zero-order chi connectivity index (χ0) is 25.9. The number of nitrogens with one attached hydrogen (secondary N) is 1. The van der Waals surface area contributed by atoms with Gasteiger partial charge in [-0.1, -0.05) is 15.9 Å². The maximum atomic E-state index is 13.2. The number of hydrogen-bond acceptors (Lipinski definition) is 5. The molecule has 3 aromatic carbocycles. The van der Waals surface area contributed by atoms with Crippen molar-refractivity contribution in [1.29, 1.82) is 0 Å². The van der Waals surface area contributed by atoms with Gasteiger partial charge in [-0.25, -0.2) is 0 Å².